The molecule has 0 aliphatic rings. The summed E-state index contributed by atoms with van der Waals surface area (Å²) in [6, 6.07) is 0. The van der Waals surface area contributed by atoms with E-state index < -0.39 is 6.10 Å². The zero-order valence-corrected chi connectivity index (χ0v) is 45.6. The molecule has 6 heteroatoms. The summed E-state index contributed by atoms with van der Waals surface area (Å²) in [5.41, 5.74) is 0. The highest BCUT2D eigenvalue weighted by molar-refractivity contribution is 5.71. The molecule has 1 unspecified atom stereocenters. The Kier molecular flexibility index (Phi) is 55.2. The number of allylic oxidation sites excluding steroid dienone is 6. The number of carbonyl (C=O) groups excluding carboxylic acids is 3. The second kappa shape index (κ2) is 57.2. The van der Waals surface area contributed by atoms with E-state index in [0.29, 0.717) is 19.3 Å². The van der Waals surface area contributed by atoms with Gasteiger partial charge in [0.25, 0.3) is 0 Å². The van der Waals surface area contributed by atoms with Crippen molar-refractivity contribution in [1.82, 2.24) is 0 Å². The summed E-state index contributed by atoms with van der Waals surface area (Å²) in [7, 11) is 0. The highest BCUT2D eigenvalue weighted by Crippen LogP contribution is 2.17. The Hall–Kier alpha value is -2.37. The number of carbonyl (C=O) groups is 3. The lowest BCUT2D eigenvalue weighted by molar-refractivity contribution is -0.167. The molecule has 0 fully saturated rings. The Morgan fingerprint density at radius 1 is 0.294 bits per heavy atom. The lowest BCUT2D eigenvalue weighted by Gasteiger charge is -2.18. The largest absolute Gasteiger partial charge is 0.462 e. The summed E-state index contributed by atoms with van der Waals surface area (Å²) in [6.45, 7) is 6.63. The third kappa shape index (κ3) is 54.6. The third-order valence-corrected chi connectivity index (χ3v) is 13.4. The second-order valence-electron chi connectivity index (χ2n) is 20.3. The quantitative estimate of drug-likeness (QED) is 0.0262. The number of ether oxygens (including phenoxy) is 3. The van der Waals surface area contributed by atoms with Gasteiger partial charge in [-0.25, -0.2) is 0 Å². The van der Waals surface area contributed by atoms with Gasteiger partial charge in [-0.15, -0.1) is 0 Å². The van der Waals surface area contributed by atoms with Crippen LogP contribution in [0.3, 0.4) is 0 Å². The van der Waals surface area contributed by atoms with Gasteiger partial charge in [0.2, 0.25) is 0 Å². The number of unbranched alkanes of at least 4 members (excludes halogenated alkanes) is 38. The molecule has 0 saturated heterocycles. The first-order chi connectivity index (χ1) is 33.5. The van der Waals surface area contributed by atoms with Crippen molar-refractivity contribution in [2.75, 3.05) is 13.2 Å². The van der Waals surface area contributed by atoms with E-state index in [2.05, 4.69) is 57.2 Å². The van der Waals surface area contributed by atoms with Gasteiger partial charge in [0, 0.05) is 19.3 Å². The van der Waals surface area contributed by atoms with Crippen LogP contribution in [0.1, 0.15) is 323 Å². The number of hydrogen-bond donors (Lipinski definition) is 0. The molecule has 0 heterocycles. The van der Waals surface area contributed by atoms with Crippen LogP contribution in [0.2, 0.25) is 0 Å². The highest BCUT2D eigenvalue weighted by atomic mass is 16.6. The first kappa shape index (κ1) is 65.6. The van der Waals surface area contributed by atoms with E-state index in [0.717, 1.165) is 89.9 Å². The summed E-state index contributed by atoms with van der Waals surface area (Å²) < 4.78 is 16.9. The van der Waals surface area contributed by atoms with Crippen molar-refractivity contribution < 1.29 is 28.6 Å². The van der Waals surface area contributed by atoms with Crippen molar-refractivity contribution in [2.45, 2.75) is 329 Å². The van der Waals surface area contributed by atoms with Crippen molar-refractivity contribution in [3.63, 3.8) is 0 Å². The van der Waals surface area contributed by atoms with Crippen LogP contribution in [-0.4, -0.2) is 37.2 Å². The number of esters is 3. The molecule has 0 aliphatic heterocycles. The average molecular weight is 956 g/mol. The van der Waals surface area contributed by atoms with E-state index >= 15 is 0 Å². The van der Waals surface area contributed by atoms with E-state index in [1.54, 1.807) is 0 Å². The van der Waals surface area contributed by atoms with Crippen molar-refractivity contribution in [3.05, 3.63) is 36.5 Å². The van der Waals surface area contributed by atoms with Gasteiger partial charge in [-0.05, 0) is 77.0 Å². The summed E-state index contributed by atoms with van der Waals surface area (Å²) in [4.78, 5) is 38.2. The van der Waals surface area contributed by atoms with E-state index in [4.69, 9.17) is 14.2 Å². The van der Waals surface area contributed by atoms with Crippen LogP contribution >= 0.6 is 0 Å². The van der Waals surface area contributed by atoms with E-state index in [1.165, 1.54) is 193 Å². The zero-order valence-electron chi connectivity index (χ0n) is 45.6. The summed E-state index contributed by atoms with van der Waals surface area (Å²) in [5.74, 6) is -0.882. The van der Waals surface area contributed by atoms with Crippen LogP contribution < -0.4 is 0 Å². The molecule has 0 amide bonds. The van der Waals surface area contributed by atoms with Gasteiger partial charge in [0.1, 0.15) is 13.2 Å². The fourth-order valence-corrected chi connectivity index (χ4v) is 8.82. The average Bonchev–Trinajstić information content (AvgIpc) is 3.34. The molecule has 0 N–H and O–H groups in total. The molecule has 0 aliphatic carbocycles. The van der Waals surface area contributed by atoms with Crippen molar-refractivity contribution in [2.24, 2.45) is 0 Å². The van der Waals surface area contributed by atoms with Crippen molar-refractivity contribution in [3.8, 4) is 0 Å². The van der Waals surface area contributed by atoms with Crippen LogP contribution in [0.5, 0.6) is 0 Å². The van der Waals surface area contributed by atoms with Crippen LogP contribution in [0.4, 0.5) is 0 Å². The zero-order chi connectivity index (χ0) is 49.3. The van der Waals surface area contributed by atoms with Gasteiger partial charge in [0.05, 0.1) is 0 Å². The molecular weight excluding hydrogens is 841 g/mol. The van der Waals surface area contributed by atoms with Gasteiger partial charge in [-0.3, -0.25) is 14.4 Å². The Balaban J connectivity index is 4.31. The maximum absolute atomic E-state index is 12.9. The van der Waals surface area contributed by atoms with Gasteiger partial charge < -0.3 is 14.2 Å². The monoisotopic (exact) mass is 955 g/mol. The first-order valence-corrected chi connectivity index (χ1v) is 30.0. The maximum atomic E-state index is 12.9. The minimum atomic E-state index is -0.780. The van der Waals surface area contributed by atoms with E-state index in [-0.39, 0.29) is 31.1 Å². The molecular formula is C62H114O6. The first-order valence-electron chi connectivity index (χ1n) is 30.0. The van der Waals surface area contributed by atoms with Gasteiger partial charge in [0.15, 0.2) is 6.10 Å². The Morgan fingerprint density at radius 3 is 0.838 bits per heavy atom. The van der Waals surface area contributed by atoms with Crippen molar-refractivity contribution >= 4 is 17.9 Å². The van der Waals surface area contributed by atoms with Crippen molar-refractivity contribution in [1.29, 1.82) is 0 Å². The maximum Gasteiger partial charge on any atom is 0.306 e. The van der Waals surface area contributed by atoms with Gasteiger partial charge >= 0.3 is 17.9 Å². The fourth-order valence-electron chi connectivity index (χ4n) is 8.82. The molecule has 0 rings (SSSR count). The second-order valence-corrected chi connectivity index (χ2v) is 20.3. The van der Waals surface area contributed by atoms with Crippen LogP contribution in [0.15, 0.2) is 36.5 Å². The molecule has 0 spiro atoms. The van der Waals surface area contributed by atoms with Gasteiger partial charge in [-0.1, -0.05) is 263 Å². The summed E-state index contributed by atoms with van der Waals surface area (Å²) in [6.07, 6.45) is 68.5. The molecule has 0 radical (unpaired) electrons. The molecule has 0 bridgehead atoms. The van der Waals surface area contributed by atoms with E-state index in [9.17, 15) is 14.4 Å². The topological polar surface area (TPSA) is 78.9 Å². The SMILES string of the molecule is CCCCCC/C=C\C/C=C\CCCCCCCC(=O)OC(COC(=O)CCCCCCC/C=C\CCCCCC)COC(=O)CCCCCCCCCCCCCCCCCCCCCCC. The molecule has 0 aromatic rings. The smallest absolute Gasteiger partial charge is 0.306 e. The highest BCUT2D eigenvalue weighted by Gasteiger charge is 2.19. The summed E-state index contributed by atoms with van der Waals surface area (Å²) >= 11 is 0. The minimum absolute atomic E-state index is 0.0768. The van der Waals surface area contributed by atoms with Gasteiger partial charge in [-0.2, -0.15) is 0 Å². The molecule has 0 aromatic carbocycles. The standard InChI is InChI=1S/C62H114O6/c1-4-7-10-13-16-19-22-25-27-29-30-31-32-33-35-37-40-43-46-49-52-55-61(64)67-58-59(57-66-60(63)54-51-48-45-42-39-36-24-21-18-15-12-9-6-3)68-62(65)56-53-50-47-44-41-38-34-28-26-23-20-17-14-11-8-5-2/h20-21,23-24,28,34,59H,4-19,22,25-27,29-33,35-58H2,1-3H3/b23-20-,24-21-,34-28-. The minimum Gasteiger partial charge on any atom is -0.462 e. The lowest BCUT2D eigenvalue weighted by atomic mass is 10.0. The fraction of sp³-hybridized carbons (Fsp3) is 0.855. The predicted molar refractivity (Wildman–Crippen MR) is 293 cm³/mol. The number of hydrogen-bond acceptors (Lipinski definition) is 6. The Morgan fingerprint density at radius 2 is 0.529 bits per heavy atom. The molecule has 6 nitrogen and oxygen atoms in total. The van der Waals surface area contributed by atoms with Crippen LogP contribution in [-0.2, 0) is 28.6 Å². The van der Waals surface area contributed by atoms with E-state index in [1.807, 2.05) is 0 Å². The Labute approximate surface area is 423 Å². The number of rotatable bonds is 55. The molecule has 398 valence electrons. The van der Waals surface area contributed by atoms with Crippen LogP contribution in [0, 0.1) is 0 Å². The van der Waals surface area contributed by atoms with Crippen LogP contribution in [0.25, 0.3) is 0 Å². The molecule has 0 aromatic heterocycles. The normalized spacial score (nSPS) is 12.2. The Bertz CT molecular complexity index is 1140. The lowest BCUT2D eigenvalue weighted by Crippen LogP contribution is -2.30. The third-order valence-electron chi connectivity index (χ3n) is 13.4. The molecule has 0 saturated carbocycles. The molecule has 68 heavy (non-hydrogen) atoms. The summed E-state index contributed by atoms with van der Waals surface area (Å²) in [5, 5.41) is 0. The predicted octanol–water partition coefficient (Wildman–Crippen LogP) is 20.0. The molecule has 1 atom stereocenters.